The third-order valence-electron chi connectivity index (χ3n) is 3.70. The summed E-state index contributed by atoms with van der Waals surface area (Å²) in [5.74, 6) is 1.51. The van der Waals surface area contributed by atoms with E-state index in [4.69, 9.17) is 14.2 Å². The van der Waals surface area contributed by atoms with Gasteiger partial charge in [0.25, 0.3) is 0 Å². The van der Waals surface area contributed by atoms with Crippen molar-refractivity contribution in [3.05, 3.63) is 11.8 Å². The summed E-state index contributed by atoms with van der Waals surface area (Å²) in [6.45, 7) is 2.84. The summed E-state index contributed by atoms with van der Waals surface area (Å²) in [4.78, 5) is 10.9. The number of allylic oxidation sites excluding steroid dienone is 1. The van der Waals surface area contributed by atoms with Crippen LogP contribution in [0.15, 0.2) is 11.8 Å². The summed E-state index contributed by atoms with van der Waals surface area (Å²) in [5, 5.41) is 0. The minimum absolute atomic E-state index is 0.185. The molecule has 1 aliphatic heterocycles. The van der Waals surface area contributed by atoms with Crippen molar-refractivity contribution in [2.75, 3.05) is 13.2 Å². The molecule has 0 radical (unpaired) electrons. The first-order chi connectivity index (χ1) is 7.75. The predicted octanol–water partition coefficient (Wildman–Crippen LogP) is 1.26. The van der Waals surface area contributed by atoms with E-state index >= 15 is 0 Å². The van der Waals surface area contributed by atoms with Crippen LogP contribution in [-0.2, 0) is 19.0 Å². The van der Waals surface area contributed by atoms with Gasteiger partial charge in [-0.1, -0.05) is 0 Å². The maximum absolute atomic E-state index is 10.9. The van der Waals surface area contributed by atoms with Crippen molar-refractivity contribution in [1.82, 2.24) is 0 Å². The molecule has 0 aromatic heterocycles. The minimum Gasteiger partial charge on any atom is -0.432 e. The molecule has 0 aromatic carbocycles. The number of rotatable bonds is 1. The van der Waals surface area contributed by atoms with Crippen LogP contribution in [0.25, 0.3) is 0 Å². The maximum Gasteiger partial charge on any atom is 0.307 e. The number of ether oxygens (including phenoxy) is 3. The van der Waals surface area contributed by atoms with Crippen LogP contribution in [0, 0.1) is 11.8 Å². The van der Waals surface area contributed by atoms with Crippen molar-refractivity contribution >= 4 is 5.97 Å². The Balaban J connectivity index is 1.71. The van der Waals surface area contributed by atoms with E-state index < -0.39 is 0 Å². The molecule has 0 amide bonds. The molecule has 1 saturated carbocycles. The second-order valence-electron chi connectivity index (χ2n) is 4.68. The highest BCUT2D eigenvalue weighted by Gasteiger charge is 2.53. The highest BCUT2D eigenvalue weighted by Crippen LogP contribution is 2.48. The molecule has 3 aliphatic rings. The van der Waals surface area contributed by atoms with Crippen LogP contribution in [-0.4, -0.2) is 31.4 Å². The van der Waals surface area contributed by atoms with Crippen LogP contribution in [0.4, 0.5) is 0 Å². The number of hydrogen-bond acceptors (Lipinski definition) is 4. The fourth-order valence-corrected chi connectivity index (χ4v) is 3.02. The van der Waals surface area contributed by atoms with Gasteiger partial charge in [-0.3, -0.25) is 4.79 Å². The number of hydrogen-bond donors (Lipinski definition) is 0. The van der Waals surface area contributed by atoms with E-state index in [2.05, 4.69) is 6.08 Å². The van der Waals surface area contributed by atoms with Gasteiger partial charge >= 0.3 is 5.97 Å². The van der Waals surface area contributed by atoms with Crippen molar-refractivity contribution < 1.29 is 19.0 Å². The van der Waals surface area contributed by atoms with Gasteiger partial charge in [-0.2, -0.15) is 0 Å². The first-order valence-corrected chi connectivity index (χ1v) is 5.88. The van der Waals surface area contributed by atoms with Gasteiger partial charge < -0.3 is 14.2 Å². The van der Waals surface area contributed by atoms with E-state index in [0.717, 1.165) is 18.6 Å². The monoisotopic (exact) mass is 224 g/mol. The number of esters is 1. The largest absolute Gasteiger partial charge is 0.432 e. The van der Waals surface area contributed by atoms with E-state index in [9.17, 15) is 4.79 Å². The Morgan fingerprint density at radius 1 is 1.38 bits per heavy atom. The fraction of sp³-hybridized carbons (Fsp3) is 0.750. The molecule has 0 N–H and O–H groups in total. The Morgan fingerprint density at radius 2 is 2.12 bits per heavy atom. The molecule has 0 bridgehead atoms. The first-order valence-electron chi connectivity index (χ1n) is 5.88. The molecule has 88 valence electrons. The zero-order valence-electron chi connectivity index (χ0n) is 9.35. The second-order valence-corrected chi connectivity index (χ2v) is 4.68. The summed E-state index contributed by atoms with van der Waals surface area (Å²) in [6, 6.07) is 0. The molecule has 1 heterocycles. The third-order valence-corrected chi connectivity index (χ3v) is 3.70. The summed E-state index contributed by atoms with van der Waals surface area (Å²) in [5.41, 5.74) is 0. The number of carbonyl (C=O) groups excluding carboxylic acids is 1. The quantitative estimate of drug-likeness (QED) is 0.629. The Morgan fingerprint density at radius 3 is 2.88 bits per heavy atom. The van der Waals surface area contributed by atoms with Gasteiger partial charge in [0.15, 0.2) is 0 Å². The molecule has 1 saturated heterocycles. The van der Waals surface area contributed by atoms with Crippen molar-refractivity contribution in [3.8, 4) is 0 Å². The Labute approximate surface area is 94.5 Å². The van der Waals surface area contributed by atoms with Gasteiger partial charge in [-0.15, -0.1) is 0 Å². The molecule has 0 aromatic rings. The SMILES string of the molecule is CC(=O)OC1=C[C@@H]2[C@H](CC1)[C@H]1OCCO[C@@H]21. The molecule has 4 heteroatoms. The second kappa shape index (κ2) is 3.86. The average molecular weight is 224 g/mol. The highest BCUT2D eigenvalue weighted by atomic mass is 16.6. The van der Waals surface area contributed by atoms with Gasteiger partial charge in [0, 0.05) is 19.3 Å². The van der Waals surface area contributed by atoms with Crippen molar-refractivity contribution in [3.63, 3.8) is 0 Å². The van der Waals surface area contributed by atoms with Crippen LogP contribution in [0.3, 0.4) is 0 Å². The Hall–Kier alpha value is -0.870. The standard InChI is InChI=1S/C12H16O4/c1-7(13)16-8-2-3-9-10(6-8)12-11(9)14-4-5-15-12/h6,9-12H,2-5H2,1H3/t9-,10+,11+,12-/m0/s1. The summed E-state index contributed by atoms with van der Waals surface area (Å²) < 4.78 is 16.5. The summed E-state index contributed by atoms with van der Waals surface area (Å²) >= 11 is 0. The van der Waals surface area contributed by atoms with Crippen LogP contribution in [0.2, 0.25) is 0 Å². The van der Waals surface area contributed by atoms with Gasteiger partial charge in [-0.05, 0) is 18.4 Å². The molecule has 3 rings (SSSR count). The lowest BCUT2D eigenvalue weighted by molar-refractivity contribution is -0.242. The Bertz CT molecular complexity index is 336. The van der Waals surface area contributed by atoms with Crippen LogP contribution >= 0.6 is 0 Å². The van der Waals surface area contributed by atoms with Crippen LogP contribution in [0.5, 0.6) is 0 Å². The van der Waals surface area contributed by atoms with E-state index in [1.807, 2.05) is 0 Å². The topological polar surface area (TPSA) is 44.8 Å². The molecule has 0 unspecified atom stereocenters. The molecule has 2 aliphatic carbocycles. The lowest BCUT2D eigenvalue weighted by Crippen LogP contribution is -2.61. The molecular weight excluding hydrogens is 208 g/mol. The van der Waals surface area contributed by atoms with Crippen molar-refractivity contribution in [2.45, 2.75) is 32.0 Å². The zero-order chi connectivity index (χ0) is 11.1. The average Bonchev–Trinajstić information content (AvgIpc) is 2.26. The van der Waals surface area contributed by atoms with E-state index in [0.29, 0.717) is 25.0 Å². The zero-order valence-corrected chi connectivity index (χ0v) is 9.35. The van der Waals surface area contributed by atoms with E-state index in [1.165, 1.54) is 6.92 Å². The highest BCUT2D eigenvalue weighted by molar-refractivity contribution is 5.67. The van der Waals surface area contributed by atoms with Gasteiger partial charge in [0.05, 0.1) is 25.4 Å². The lowest BCUT2D eigenvalue weighted by Gasteiger charge is -2.54. The first kappa shape index (κ1) is 10.3. The van der Waals surface area contributed by atoms with Gasteiger partial charge in [0.2, 0.25) is 0 Å². The summed E-state index contributed by atoms with van der Waals surface area (Å²) in [7, 11) is 0. The molecule has 16 heavy (non-hydrogen) atoms. The molecule has 4 nitrogen and oxygen atoms in total. The predicted molar refractivity (Wildman–Crippen MR) is 55.5 cm³/mol. The molecule has 2 fully saturated rings. The smallest absolute Gasteiger partial charge is 0.307 e. The maximum atomic E-state index is 10.9. The Kier molecular flexibility index (Phi) is 2.48. The number of carbonyl (C=O) groups is 1. The lowest BCUT2D eigenvalue weighted by atomic mass is 9.63. The molecule has 4 atom stereocenters. The van der Waals surface area contributed by atoms with Gasteiger partial charge in [-0.25, -0.2) is 0 Å². The summed E-state index contributed by atoms with van der Waals surface area (Å²) in [6.07, 6.45) is 4.39. The van der Waals surface area contributed by atoms with E-state index in [-0.39, 0.29) is 18.2 Å². The third kappa shape index (κ3) is 1.57. The van der Waals surface area contributed by atoms with Gasteiger partial charge in [0.1, 0.15) is 5.76 Å². The van der Waals surface area contributed by atoms with E-state index in [1.54, 1.807) is 0 Å². The van der Waals surface area contributed by atoms with Crippen LogP contribution in [0.1, 0.15) is 19.8 Å². The normalized spacial score (nSPS) is 41.2. The minimum atomic E-state index is -0.235. The van der Waals surface area contributed by atoms with Crippen molar-refractivity contribution in [1.29, 1.82) is 0 Å². The number of fused-ring (bicyclic) bond motifs is 4. The van der Waals surface area contributed by atoms with Crippen LogP contribution < -0.4 is 0 Å². The molecular formula is C12H16O4. The fourth-order valence-electron chi connectivity index (χ4n) is 3.02. The van der Waals surface area contributed by atoms with Crippen molar-refractivity contribution in [2.24, 2.45) is 11.8 Å². The molecule has 0 spiro atoms.